The third-order valence-corrected chi connectivity index (χ3v) is 4.64. The molecular formula is C18H18N2O2S. The second-order valence-corrected chi connectivity index (χ2v) is 6.55. The standard InChI is InChI=1S/C18H18N2O2S/c21-17-9-6-13-12-14(7-8-16(13)20-17)19-18(22)10-11-23-15-4-2-1-3-5-15/h1-5,7-8,12H,6,9-11H2,(H,19,22)(H,20,21). The molecule has 23 heavy (non-hydrogen) atoms. The molecule has 0 radical (unpaired) electrons. The Morgan fingerprint density at radius 3 is 2.78 bits per heavy atom. The Balaban J connectivity index is 1.51. The van der Waals surface area contributed by atoms with Crippen molar-refractivity contribution >= 4 is 35.0 Å². The highest BCUT2D eigenvalue weighted by Crippen LogP contribution is 2.26. The molecule has 5 heteroatoms. The van der Waals surface area contributed by atoms with Gasteiger partial charge in [0.05, 0.1) is 0 Å². The quantitative estimate of drug-likeness (QED) is 0.824. The fraction of sp³-hybridized carbons (Fsp3) is 0.222. The summed E-state index contributed by atoms with van der Waals surface area (Å²) in [7, 11) is 0. The number of thioether (sulfide) groups is 1. The molecule has 4 nitrogen and oxygen atoms in total. The van der Waals surface area contributed by atoms with Crippen LogP contribution in [0, 0.1) is 0 Å². The van der Waals surface area contributed by atoms with Gasteiger partial charge in [-0.2, -0.15) is 0 Å². The first kappa shape index (κ1) is 15.6. The van der Waals surface area contributed by atoms with Crippen molar-refractivity contribution in [2.24, 2.45) is 0 Å². The molecule has 1 aliphatic heterocycles. The first-order chi connectivity index (χ1) is 11.2. The zero-order valence-corrected chi connectivity index (χ0v) is 13.5. The van der Waals surface area contributed by atoms with Gasteiger partial charge in [0, 0.05) is 34.9 Å². The molecule has 0 aliphatic carbocycles. The number of rotatable bonds is 5. The molecule has 0 unspecified atom stereocenters. The zero-order chi connectivity index (χ0) is 16.1. The van der Waals surface area contributed by atoms with Crippen molar-refractivity contribution in [1.29, 1.82) is 0 Å². The van der Waals surface area contributed by atoms with E-state index in [1.165, 1.54) is 4.90 Å². The highest BCUT2D eigenvalue weighted by Gasteiger charge is 2.15. The zero-order valence-electron chi connectivity index (χ0n) is 12.7. The Labute approximate surface area is 139 Å². The summed E-state index contributed by atoms with van der Waals surface area (Å²) in [6.07, 6.45) is 1.68. The number of fused-ring (bicyclic) bond motifs is 1. The molecule has 0 atom stereocenters. The van der Waals surface area contributed by atoms with Crippen molar-refractivity contribution in [2.75, 3.05) is 16.4 Å². The fourth-order valence-corrected chi connectivity index (χ4v) is 3.34. The van der Waals surface area contributed by atoms with E-state index in [4.69, 9.17) is 0 Å². The number of carbonyl (C=O) groups is 2. The van der Waals surface area contributed by atoms with Gasteiger partial charge in [0.2, 0.25) is 11.8 Å². The first-order valence-electron chi connectivity index (χ1n) is 7.61. The van der Waals surface area contributed by atoms with Crippen LogP contribution in [-0.2, 0) is 16.0 Å². The molecule has 1 heterocycles. The maximum Gasteiger partial charge on any atom is 0.225 e. The molecule has 0 bridgehead atoms. The van der Waals surface area contributed by atoms with Crippen LogP contribution in [0.25, 0.3) is 0 Å². The number of nitrogens with one attached hydrogen (secondary N) is 2. The minimum Gasteiger partial charge on any atom is -0.326 e. The molecule has 2 aromatic carbocycles. The van der Waals surface area contributed by atoms with Crippen molar-refractivity contribution in [1.82, 2.24) is 0 Å². The van der Waals surface area contributed by atoms with Gasteiger partial charge in [-0.1, -0.05) is 18.2 Å². The molecule has 0 saturated carbocycles. The number of anilines is 2. The summed E-state index contributed by atoms with van der Waals surface area (Å²) in [5.41, 5.74) is 2.70. The smallest absolute Gasteiger partial charge is 0.225 e. The van der Waals surface area contributed by atoms with Gasteiger partial charge < -0.3 is 10.6 Å². The molecule has 0 saturated heterocycles. The van der Waals surface area contributed by atoms with Gasteiger partial charge in [-0.25, -0.2) is 0 Å². The van der Waals surface area contributed by atoms with Crippen molar-refractivity contribution in [3.8, 4) is 0 Å². The van der Waals surface area contributed by atoms with Crippen LogP contribution < -0.4 is 10.6 Å². The number of amides is 2. The summed E-state index contributed by atoms with van der Waals surface area (Å²) < 4.78 is 0. The van der Waals surface area contributed by atoms with Crippen molar-refractivity contribution in [2.45, 2.75) is 24.2 Å². The van der Waals surface area contributed by atoms with Gasteiger partial charge in [-0.05, 0) is 42.3 Å². The molecule has 2 aromatic rings. The highest BCUT2D eigenvalue weighted by molar-refractivity contribution is 7.99. The number of aryl methyl sites for hydroxylation is 1. The minimum atomic E-state index is 0.00762. The predicted molar refractivity (Wildman–Crippen MR) is 93.8 cm³/mol. The van der Waals surface area contributed by atoms with Crippen LogP contribution in [0.1, 0.15) is 18.4 Å². The Morgan fingerprint density at radius 1 is 1.13 bits per heavy atom. The summed E-state index contributed by atoms with van der Waals surface area (Å²) in [5, 5.41) is 5.76. The van der Waals surface area contributed by atoms with Gasteiger partial charge in [0.25, 0.3) is 0 Å². The lowest BCUT2D eigenvalue weighted by Gasteiger charge is -2.17. The van der Waals surface area contributed by atoms with Crippen LogP contribution >= 0.6 is 11.8 Å². The van der Waals surface area contributed by atoms with Crippen LogP contribution in [0.5, 0.6) is 0 Å². The number of hydrogen-bond donors (Lipinski definition) is 2. The normalized spacial score (nSPS) is 13.1. The first-order valence-corrected chi connectivity index (χ1v) is 8.60. The second-order valence-electron chi connectivity index (χ2n) is 5.38. The summed E-state index contributed by atoms with van der Waals surface area (Å²) in [6.45, 7) is 0. The number of benzene rings is 2. The van der Waals surface area contributed by atoms with Gasteiger partial charge >= 0.3 is 0 Å². The third-order valence-electron chi connectivity index (χ3n) is 3.63. The average molecular weight is 326 g/mol. The SMILES string of the molecule is O=C(CCSc1ccccc1)Nc1ccc2c(c1)CCC(=O)N2. The van der Waals surface area contributed by atoms with Gasteiger partial charge in [-0.15, -0.1) is 11.8 Å². The lowest BCUT2D eigenvalue weighted by Crippen LogP contribution is -2.19. The summed E-state index contributed by atoms with van der Waals surface area (Å²) >= 11 is 1.67. The van der Waals surface area contributed by atoms with Crippen LogP contribution in [0.3, 0.4) is 0 Å². The highest BCUT2D eigenvalue weighted by atomic mass is 32.2. The van der Waals surface area contributed by atoms with E-state index in [1.54, 1.807) is 11.8 Å². The maximum atomic E-state index is 12.0. The molecule has 2 amide bonds. The monoisotopic (exact) mass is 326 g/mol. The molecule has 0 fully saturated rings. The fourth-order valence-electron chi connectivity index (χ4n) is 2.46. The average Bonchev–Trinajstić information content (AvgIpc) is 2.56. The van der Waals surface area contributed by atoms with E-state index in [2.05, 4.69) is 10.6 Å². The van der Waals surface area contributed by atoms with E-state index in [0.29, 0.717) is 12.8 Å². The largest absolute Gasteiger partial charge is 0.326 e. The molecule has 2 N–H and O–H groups in total. The lowest BCUT2D eigenvalue weighted by atomic mass is 10.0. The Morgan fingerprint density at radius 2 is 1.96 bits per heavy atom. The van der Waals surface area contributed by atoms with E-state index in [9.17, 15) is 9.59 Å². The Hall–Kier alpha value is -2.27. The van der Waals surface area contributed by atoms with Crippen molar-refractivity contribution in [3.63, 3.8) is 0 Å². The summed E-state index contributed by atoms with van der Waals surface area (Å²) in [6, 6.07) is 15.7. The van der Waals surface area contributed by atoms with Crippen molar-refractivity contribution < 1.29 is 9.59 Å². The number of carbonyl (C=O) groups excluding carboxylic acids is 2. The van der Waals surface area contributed by atoms with Gasteiger partial charge in [0.15, 0.2) is 0 Å². The summed E-state index contributed by atoms with van der Waals surface area (Å²) in [5.74, 6) is 0.803. The maximum absolute atomic E-state index is 12.0. The van der Waals surface area contributed by atoms with Crippen LogP contribution in [0.4, 0.5) is 11.4 Å². The topological polar surface area (TPSA) is 58.2 Å². The Bertz CT molecular complexity index is 716. The number of hydrogen-bond acceptors (Lipinski definition) is 3. The molecular weight excluding hydrogens is 308 g/mol. The summed E-state index contributed by atoms with van der Waals surface area (Å²) in [4.78, 5) is 24.5. The van der Waals surface area contributed by atoms with Crippen molar-refractivity contribution in [3.05, 3.63) is 54.1 Å². The van der Waals surface area contributed by atoms with E-state index in [-0.39, 0.29) is 11.8 Å². The van der Waals surface area contributed by atoms with Crippen LogP contribution in [-0.4, -0.2) is 17.6 Å². The molecule has 1 aliphatic rings. The predicted octanol–water partition coefficient (Wildman–Crippen LogP) is 3.69. The van der Waals surface area contributed by atoms with Crippen LogP contribution in [0.2, 0.25) is 0 Å². The molecule has 3 rings (SSSR count). The molecule has 118 valence electrons. The van der Waals surface area contributed by atoms with E-state index in [0.717, 1.165) is 29.1 Å². The van der Waals surface area contributed by atoms with Gasteiger partial charge in [-0.3, -0.25) is 9.59 Å². The third kappa shape index (κ3) is 4.36. The van der Waals surface area contributed by atoms with E-state index >= 15 is 0 Å². The molecule has 0 aromatic heterocycles. The second kappa shape index (κ2) is 7.33. The van der Waals surface area contributed by atoms with E-state index < -0.39 is 0 Å². The van der Waals surface area contributed by atoms with Gasteiger partial charge in [0.1, 0.15) is 0 Å². The lowest BCUT2D eigenvalue weighted by molar-refractivity contribution is -0.117. The van der Waals surface area contributed by atoms with Crippen LogP contribution in [0.15, 0.2) is 53.4 Å². The van der Waals surface area contributed by atoms with E-state index in [1.807, 2.05) is 48.5 Å². The molecule has 0 spiro atoms. The minimum absolute atomic E-state index is 0.00762. The Kier molecular flexibility index (Phi) is 4.98.